The molecular weight excluding hydrogens is 540 g/mol. The van der Waals surface area contributed by atoms with Crippen molar-refractivity contribution in [3.63, 3.8) is 0 Å². The summed E-state index contributed by atoms with van der Waals surface area (Å²) in [7, 11) is 0. The third kappa shape index (κ3) is 8.94. The molecule has 4 aromatic rings. The molecule has 0 saturated heterocycles. The number of ether oxygens (including phenoxy) is 1. The van der Waals surface area contributed by atoms with Crippen LogP contribution in [0.4, 0.5) is 17.1 Å². The topological polar surface area (TPSA) is 111 Å². The van der Waals surface area contributed by atoms with E-state index in [4.69, 9.17) is 9.84 Å². The van der Waals surface area contributed by atoms with Gasteiger partial charge in [0.2, 0.25) is 0 Å². The molecule has 216 valence electrons. The number of para-hydroxylation sites is 2. The number of hydrogen-bond donors (Lipinski definition) is 2. The quantitative estimate of drug-likeness (QED) is 0.0676. The van der Waals surface area contributed by atoms with Crippen LogP contribution in [0, 0.1) is 11.3 Å². The number of anilines is 3. The number of unbranched alkanes of at least 4 members (excludes halogenated alkanes) is 2. The number of aliphatic carboxylic acids is 2. The number of rotatable bonds is 14. The van der Waals surface area contributed by atoms with E-state index >= 15 is 0 Å². The second-order valence-electron chi connectivity index (χ2n) is 9.76. The van der Waals surface area contributed by atoms with Crippen LogP contribution in [0.25, 0.3) is 18.2 Å². The molecule has 4 aromatic carbocycles. The molecule has 0 spiro atoms. The van der Waals surface area contributed by atoms with E-state index in [1.165, 1.54) is 6.08 Å². The lowest BCUT2D eigenvalue weighted by atomic mass is 10.1. The highest BCUT2D eigenvalue weighted by molar-refractivity contribution is 5.97. The fourth-order valence-electron chi connectivity index (χ4n) is 4.46. The molecule has 0 amide bonds. The highest BCUT2D eigenvalue weighted by Crippen LogP contribution is 2.34. The Bertz CT molecular complexity index is 1580. The van der Waals surface area contributed by atoms with Gasteiger partial charge >= 0.3 is 11.9 Å². The zero-order valence-electron chi connectivity index (χ0n) is 23.6. The Morgan fingerprint density at radius 1 is 0.744 bits per heavy atom. The number of nitrogens with zero attached hydrogens (tertiary/aromatic N) is 2. The molecule has 0 atom stereocenters. The molecule has 0 aromatic heterocycles. The van der Waals surface area contributed by atoms with Gasteiger partial charge in [0, 0.05) is 29.0 Å². The molecule has 0 fully saturated rings. The standard InChI is InChI=1S/C36H32N2O5/c37-26-30(36(41)42)25-29-20-17-28(24-34(29)43-23-9-3-8-14-35(39)40)16-15-27-18-21-33(22-19-27)38(31-10-4-1-5-11-31)32-12-6-2-7-13-32/h1-2,4-7,10-13,15-22,24-25H,3,8-9,14,23H2,(H,39,40)(H,41,42)/b16-15+,30-25+. The molecule has 0 saturated carbocycles. The number of nitriles is 1. The molecule has 0 aliphatic carbocycles. The van der Waals surface area contributed by atoms with Crippen LogP contribution in [0.15, 0.2) is 109 Å². The van der Waals surface area contributed by atoms with E-state index in [9.17, 15) is 20.0 Å². The number of carbonyl (C=O) groups is 2. The van der Waals surface area contributed by atoms with Gasteiger partial charge in [-0.3, -0.25) is 4.79 Å². The van der Waals surface area contributed by atoms with E-state index < -0.39 is 17.5 Å². The van der Waals surface area contributed by atoms with E-state index in [1.807, 2.05) is 66.7 Å². The number of hydrogen-bond acceptors (Lipinski definition) is 5. The van der Waals surface area contributed by atoms with Gasteiger partial charge in [-0.1, -0.05) is 72.8 Å². The highest BCUT2D eigenvalue weighted by atomic mass is 16.5. The number of carboxylic acid groups (broad SMARTS) is 2. The van der Waals surface area contributed by atoms with Gasteiger partial charge in [0.15, 0.2) is 0 Å². The van der Waals surface area contributed by atoms with Crippen molar-refractivity contribution in [1.29, 1.82) is 5.26 Å². The van der Waals surface area contributed by atoms with E-state index in [0.29, 0.717) is 37.2 Å². The summed E-state index contributed by atoms with van der Waals surface area (Å²) >= 11 is 0. The minimum atomic E-state index is -1.31. The van der Waals surface area contributed by atoms with Gasteiger partial charge in [-0.05, 0) is 78.9 Å². The lowest BCUT2D eigenvalue weighted by Gasteiger charge is -2.25. The fourth-order valence-corrected chi connectivity index (χ4v) is 4.46. The molecule has 4 rings (SSSR count). The van der Waals surface area contributed by atoms with Gasteiger partial charge in [-0.15, -0.1) is 0 Å². The first kappa shape index (κ1) is 30.4. The van der Waals surface area contributed by atoms with Crippen molar-refractivity contribution in [2.24, 2.45) is 0 Å². The Balaban J connectivity index is 1.53. The zero-order chi connectivity index (χ0) is 30.4. The lowest BCUT2D eigenvalue weighted by Crippen LogP contribution is -2.09. The Hall–Kier alpha value is -5.61. The molecule has 7 nitrogen and oxygen atoms in total. The van der Waals surface area contributed by atoms with E-state index in [1.54, 1.807) is 18.2 Å². The van der Waals surface area contributed by atoms with Crippen LogP contribution in [0.5, 0.6) is 5.75 Å². The summed E-state index contributed by atoms with van der Waals surface area (Å²) in [5.74, 6) is -1.69. The average Bonchev–Trinajstić information content (AvgIpc) is 3.02. The summed E-state index contributed by atoms with van der Waals surface area (Å²) in [6, 6.07) is 35.7. The first-order valence-corrected chi connectivity index (χ1v) is 14.0. The maximum atomic E-state index is 11.4. The monoisotopic (exact) mass is 572 g/mol. The van der Waals surface area contributed by atoms with Gasteiger partial charge in [0.05, 0.1) is 6.61 Å². The van der Waals surface area contributed by atoms with E-state index in [2.05, 4.69) is 41.3 Å². The van der Waals surface area contributed by atoms with Crippen LogP contribution in [-0.4, -0.2) is 28.8 Å². The molecule has 43 heavy (non-hydrogen) atoms. The van der Waals surface area contributed by atoms with Crippen molar-refractivity contribution in [2.75, 3.05) is 11.5 Å². The third-order valence-electron chi connectivity index (χ3n) is 6.63. The van der Waals surface area contributed by atoms with Gasteiger partial charge in [0.1, 0.15) is 17.4 Å². The summed E-state index contributed by atoms with van der Waals surface area (Å²) in [6.45, 7) is 0.337. The summed E-state index contributed by atoms with van der Waals surface area (Å²) in [5.41, 5.74) is 5.06. The lowest BCUT2D eigenvalue weighted by molar-refractivity contribution is -0.137. The fraction of sp³-hybridized carbons (Fsp3) is 0.139. The molecule has 0 aliphatic rings. The Morgan fingerprint density at radius 2 is 1.33 bits per heavy atom. The molecular formula is C36H32N2O5. The van der Waals surface area contributed by atoms with Crippen LogP contribution in [-0.2, 0) is 9.59 Å². The minimum absolute atomic E-state index is 0.107. The maximum absolute atomic E-state index is 11.4. The van der Waals surface area contributed by atoms with Gasteiger partial charge in [-0.2, -0.15) is 5.26 Å². The van der Waals surface area contributed by atoms with Crippen molar-refractivity contribution in [3.8, 4) is 11.8 Å². The number of benzene rings is 4. The third-order valence-corrected chi connectivity index (χ3v) is 6.63. The second kappa shape index (κ2) is 15.4. The van der Waals surface area contributed by atoms with Crippen molar-refractivity contribution >= 4 is 47.2 Å². The predicted molar refractivity (Wildman–Crippen MR) is 169 cm³/mol. The summed E-state index contributed by atoms with van der Waals surface area (Å²) in [4.78, 5) is 24.3. The minimum Gasteiger partial charge on any atom is -0.493 e. The Morgan fingerprint density at radius 3 is 1.91 bits per heavy atom. The van der Waals surface area contributed by atoms with Crippen LogP contribution in [0.3, 0.4) is 0 Å². The average molecular weight is 573 g/mol. The molecule has 0 aliphatic heterocycles. The van der Waals surface area contributed by atoms with Crippen LogP contribution >= 0.6 is 0 Å². The zero-order valence-corrected chi connectivity index (χ0v) is 23.6. The molecule has 0 unspecified atom stereocenters. The van der Waals surface area contributed by atoms with Crippen LogP contribution in [0.1, 0.15) is 42.4 Å². The summed E-state index contributed by atoms with van der Waals surface area (Å²) in [6.07, 6.45) is 7.22. The Kier molecular flexibility index (Phi) is 10.9. The molecule has 2 N–H and O–H groups in total. The highest BCUT2D eigenvalue weighted by Gasteiger charge is 2.12. The van der Waals surface area contributed by atoms with Crippen LogP contribution < -0.4 is 9.64 Å². The smallest absolute Gasteiger partial charge is 0.346 e. The SMILES string of the molecule is N#C/C(=C\c1ccc(/C=C/c2ccc(N(c3ccccc3)c3ccccc3)cc2)cc1OCCCCCC(=O)O)C(=O)O. The first-order valence-electron chi connectivity index (χ1n) is 14.0. The summed E-state index contributed by atoms with van der Waals surface area (Å²) < 4.78 is 5.95. The molecule has 0 heterocycles. The van der Waals surface area contributed by atoms with Crippen molar-refractivity contribution in [1.82, 2.24) is 0 Å². The molecule has 7 heteroatoms. The van der Waals surface area contributed by atoms with Crippen LogP contribution in [0.2, 0.25) is 0 Å². The van der Waals surface area contributed by atoms with Gasteiger partial charge in [-0.25, -0.2) is 4.79 Å². The second-order valence-corrected chi connectivity index (χ2v) is 9.76. The van der Waals surface area contributed by atoms with E-state index in [0.717, 1.165) is 28.2 Å². The van der Waals surface area contributed by atoms with Crippen molar-refractivity contribution in [3.05, 3.63) is 125 Å². The van der Waals surface area contributed by atoms with Gasteiger partial charge < -0.3 is 19.8 Å². The summed E-state index contributed by atoms with van der Waals surface area (Å²) in [5, 5.41) is 27.3. The van der Waals surface area contributed by atoms with Gasteiger partial charge in [0.25, 0.3) is 0 Å². The van der Waals surface area contributed by atoms with E-state index in [-0.39, 0.29) is 6.42 Å². The normalized spacial score (nSPS) is 11.2. The first-order chi connectivity index (χ1) is 20.9. The largest absolute Gasteiger partial charge is 0.493 e. The molecule has 0 radical (unpaired) electrons. The van der Waals surface area contributed by atoms with Crippen molar-refractivity contribution < 1.29 is 24.5 Å². The van der Waals surface area contributed by atoms with Crippen molar-refractivity contribution in [2.45, 2.75) is 25.7 Å². The molecule has 0 bridgehead atoms. The maximum Gasteiger partial charge on any atom is 0.346 e. The number of carboxylic acids is 2. The Labute approximate surface area is 251 Å². The predicted octanol–water partition coefficient (Wildman–Crippen LogP) is 8.34.